The van der Waals surface area contributed by atoms with Crippen molar-refractivity contribution in [1.82, 2.24) is 15.3 Å². The zero-order chi connectivity index (χ0) is 15.6. The van der Waals surface area contributed by atoms with Gasteiger partial charge in [-0.05, 0) is 36.2 Å². The first-order chi connectivity index (χ1) is 11.3. The summed E-state index contributed by atoms with van der Waals surface area (Å²) >= 11 is 0. The molecule has 0 bridgehead atoms. The number of benzene rings is 2. The van der Waals surface area contributed by atoms with Gasteiger partial charge in [0.15, 0.2) is 0 Å². The average Bonchev–Trinajstić information content (AvgIpc) is 3.21. The number of hydrogen-bond acceptors (Lipinski definition) is 3. The second-order valence-corrected chi connectivity index (χ2v) is 5.40. The van der Waals surface area contributed by atoms with Gasteiger partial charge in [-0.15, -0.1) is 0 Å². The fraction of sp³-hybridized carbons (Fsp3) is 0.111. The van der Waals surface area contributed by atoms with E-state index in [1.807, 2.05) is 36.4 Å². The van der Waals surface area contributed by atoms with Crippen LogP contribution in [0.3, 0.4) is 0 Å². The number of nitrogens with one attached hydrogen (secondary N) is 2. The van der Waals surface area contributed by atoms with Crippen LogP contribution >= 0.6 is 0 Å². The molecule has 0 fully saturated rings. The topological polar surface area (TPSA) is 70.9 Å². The highest BCUT2D eigenvalue weighted by Gasteiger charge is 2.09. The number of rotatable bonds is 4. The summed E-state index contributed by atoms with van der Waals surface area (Å²) in [6.45, 7) is 0.559. The molecule has 5 heteroatoms. The molecule has 0 spiro atoms. The van der Waals surface area contributed by atoms with Crippen molar-refractivity contribution in [3.05, 3.63) is 66.2 Å². The average molecular weight is 305 g/mol. The molecule has 114 valence electrons. The summed E-state index contributed by atoms with van der Waals surface area (Å²) in [5.74, 6) is -0.0886. The molecule has 4 aromatic rings. The molecule has 2 N–H and O–H groups in total. The van der Waals surface area contributed by atoms with Gasteiger partial charge in [-0.25, -0.2) is 4.98 Å². The molecular formula is C18H15N3O2. The Morgan fingerprint density at radius 2 is 2.13 bits per heavy atom. The highest BCUT2D eigenvalue weighted by Crippen LogP contribution is 2.20. The summed E-state index contributed by atoms with van der Waals surface area (Å²) in [5.41, 5.74) is 4.31. The van der Waals surface area contributed by atoms with E-state index in [1.165, 1.54) is 0 Å². The predicted molar refractivity (Wildman–Crippen MR) is 88.3 cm³/mol. The molecule has 0 aliphatic rings. The number of nitrogens with zero attached hydrogens (tertiary/aromatic N) is 1. The Balaban J connectivity index is 1.43. The Labute approximate surface area is 132 Å². The SMILES string of the molecule is O=C(NCCc1coc2ccccc12)c1ccc2nc[nH]c2c1. The van der Waals surface area contributed by atoms with Crippen molar-refractivity contribution < 1.29 is 9.21 Å². The van der Waals surface area contributed by atoms with Crippen LogP contribution < -0.4 is 5.32 Å². The predicted octanol–water partition coefficient (Wildman–Crippen LogP) is 3.28. The number of aromatic amines is 1. The third-order valence-corrected chi connectivity index (χ3v) is 3.92. The Bertz CT molecular complexity index is 984. The van der Waals surface area contributed by atoms with E-state index in [-0.39, 0.29) is 5.91 Å². The van der Waals surface area contributed by atoms with E-state index in [4.69, 9.17) is 4.42 Å². The van der Waals surface area contributed by atoms with E-state index in [0.29, 0.717) is 12.1 Å². The highest BCUT2D eigenvalue weighted by molar-refractivity contribution is 5.97. The fourth-order valence-electron chi connectivity index (χ4n) is 2.72. The number of amides is 1. The van der Waals surface area contributed by atoms with Crippen molar-refractivity contribution in [2.24, 2.45) is 0 Å². The quantitative estimate of drug-likeness (QED) is 0.608. The van der Waals surface area contributed by atoms with Crippen molar-refractivity contribution >= 4 is 27.9 Å². The molecule has 0 unspecified atom stereocenters. The van der Waals surface area contributed by atoms with Gasteiger partial charge in [-0.1, -0.05) is 18.2 Å². The van der Waals surface area contributed by atoms with Gasteiger partial charge in [-0.3, -0.25) is 4.79 Å². The number of carbonyl (C=O) groups excluding carboxylic acids is 1. The van der Waals surface area contributed by atoms with E-state index in [2.05, 4.69) is 15.3 Å². The fourth-order valence-corrected chi connectivity index (χ4v) is 2.72. The third kappa shape index (κ3) is 2.57. The van der Waals surface area contributed by atoms with Crippen LogP contribution in [0.15, 0.2) is 59.5 Å². The summed E-state index contributed by atoms with van der Waals surface area (Å²) in [6, 6.07) is 13.3. The number of hydrogen-bond donors (Lipinski definition) is 2. The molecule has 0 saturated carbocycles. The van der Waals surface area contributed by atoms with Crippen molar-refractivity contribution in [2.45, 2.75) is 6.42 Å². The van der Waals surface area contributed by atoms with Gasteiger partial charge in [0.05, 0.1) is 23.6 Å². The van der Waals surface area contributed by atoms with E-state index in [0.717, 1.165) is 34.0 Å². The lowest BCUT2D eigenvalue weighted by Gasteiger charge is -2.04. The standard InChI is InChI=1S/C18H15N3O2/c22-18(12-5-6-15-16(9-12)21-11-20-15)19-8-7-13-10-23-17-4-2-1-3-14(13)17/h1-6,9-11H,7-8H2,(H,19,22)(H,20,21). The minimum atomic E-state index is -0.0886. The molecule has 2 aromatic carbocycles. The summed E-state index contributed by atoms with van der Waals surface area (Å²) in [6.07, 6.45) is 4.11. The van der Waals surface area contributed by atoms with Crippen LogP contribution in [-0.4, -0.2) is 22.4 Å². The van der Waals surface area contributed by atoms with Crippen LogP contribution in [0.4, 0.5) is 0 Å². The number of furan rings is 1. The minimum absolute atomic E-state index is 0.0886. The maximum absolute atomic E-state index is 12.2. The van der Waals surface area contributed by atoms with Gasteiger partial charge in [0, 0.05) is 17.5 Å². The van der Waals surface area contributed by atoms with Crippen LogP contribution in [0.25, 0.3) is 22.0 Å². The van der Waals surface area contributed by atoms with Crippen molar-refractivity contribution in [2.75, 3.05) is 6.54 Å². The number of para-hydroxylation sites is 1. The Morgan fingerprint density at radius 3 is 3.09 bits per heavy atom. The van der Waals surface area contributed by atoms with Gasteiger partial charge in [0.2, 0.25) is 0 Å². The van der Waals surface area contributed by atoms with E-state index in [9.17, 15) is 4.79 Å². The first-order valence-electron chi connectivity index (χ1n) is 7.48. The monoisotopic (exact) mass is 305 g/mol. The maximum atomic E-state index is 12.2. The summed E-state index contributed by atoms with van der Waals surface area (Å²) in [4.78, 5) is 19.4. The Hall–Kier alpha value is -3.08. The molecule has 23 heavy (non-hydrogen) atoms. The second kappa shape index (κ2) is 5.61. The van der Waals surface area contributed by atoms with Gasteiger partial charge >= 0.3 is 0 Å². The Morgan fingerprint density at radius 1 is 1.22 bits per heavy atom. The van der Waals surface area contributed by atoms with E-state index in [1.54, 1.807) is 18.7 Å². The lowest BCUT2D eigenvalue weighted by Crippen LogP contribution is -2.25. The van der Waals surface area contributed by atoms with Gasteiger partial charge in [0.25, 0.3) is 5.91 Å². The number of imidazole rings is 1. The summed E-state index contributed by atoms with van der Waals surface area (Å²) in [5, 5.41) is 4.04. The second-order valence-electron chi connectivity index (χ2n) is 5.40. The van der Waals surface area contributed by atoms with Crippen LogP contribution in [0.2, 0.25) is 0 Å². The number of aromatic nitrogens is 2. The molecule has 0 atom stereocenters. The molecule has 2 aromatic heterocycles. The zero-order valence-corrected chi connectivity index (χ0v) is 12.4. The first-order valence-corrected chi connectivity index (χ1v) is 7.48. The molecule has 4 rings (SSSR count). The summed E-state index contributed by atoms with van der Waals surface area (Å²) < 4.78 is 5.51. The first kappa shape index (κ1) is 13.6. The van der Waals surface area contributed by atoms with Crippen molar-refractivity contribution in [1.29, 1.82) is 0 Å². The molecule has 0 aliphatic heterocycles. The molecule has 0 saturated heterocycles. The molecular weight excluding hydrogens is 290 g/mol. The largest absolute Gasteiger partial charge is 0.464 e. The van der Waals surface area contributed by atoms with Crippen LogP contribution in [-0.2, 0) is 6.42 Å². The normalized spacial score (nSPS) is 11.1. The molecule has 2 heterocycles. The van der Waals surface area contributed by atoms with E-state index < -0.39 is 0 Å². The molecule has 0 radical (unpaired) electrons. The molecule has 5 nitrogen and oxygen atoms in total. The van der Waals surface area contributed by atoms with Crippen LogP contribution in [0.5, 0.6) is 0 Å². The van der Waals surface area contributed by atoms with Crippen molar-refractivity contribution in [3.63, 3.8) is 0 Å². The highest BCUT2D eigenvalue weighted by atomic mass is 16.3. The summed E-state index contributed by atoms with van der Waals surface area (Å²) in [7, 11) is 0. The maximum Gasteiger partial charge on any atom is 0.251 e. The minimum Gasteiger partial charge on any atom is -0.464 e. The number of carbonyl (C=O) groups is 1. The van der Waals surface area contributed by atoms with Gasteiger partial charge in [-0.2, -0.15) is 0 Å². The number of H-pyrrole nitrogens is 1. The van der Waals surface area contributed by atoms with Crippen LogP contribution in [0.1, 0.15) is 15.9 Å². The van der Waals surface area contributed by atoms with E-state index >= 15 is 0 Å². The Kier molecular flexibility index (Phi) is 3.31. The van der Waals surface area contributed by atoms with Crippen molar-refractivity contribution in [3.8, 4) is 0 Å². The lowest BCUT2D eigenvalue weighted by molar-refractivity contribution is 0.0954. The smallest absolute Gasteiger partial charge is 0.251 e. The van der Waals surface area contributed by atoms with Crippen LogP contribution in [0, 0.1) is 0 Å². The lowest BCUT2D eigenvalue weighted by atomic mass is 10.1. The third-order valence-electron chi connectivity index (χ3n) is 3.92. The zero-order valence-electron chi connectivity index (χ0n) is 12.4. The number of fused-ring (bicyclic) bond motifs is 2. The van der Waals surface area contributed by atoms with Gasteiger partial charge in [0.1, 0.15) is 5.58 Å². The molecule has 0 aliphatic carbocycles. The molecule has 1 amide bonds. The van der Waals surface area contributed by atoms with Gasteiger partial charge < -0.3 is 14.7 Å².